The predicted octanol–water partition coefficient (Wildman–Crippen LogP) is 0.503. The minimum atomic E-state index is -1.83. The third-order valence-electron chi connectivity index (χ3n) is 0.627. The van der Waals surface area contributed by atoms with Crippen LogP contribution >= 0.6 is 11.8 Å². The summed E-state index contributed by atoms with van der Waals surface area (Å²) in [6.07, 6.45) is -1.83. The third kappa shape index (κ3) is 11.3. The lowest BCUT2D eigenvalue weighted by atomic mass is 10.8. The van der Waals surface area contributed by atoms with Crippen LogP contribution in [0.15, 0.2) is 0 Å². The van der Waals surface area contributed by atoms with Crippen LogP contribution in [0.5, 0.6) is 0 Å². The Morgan fingerprint density at radius 2 is 2.11 bits per heavy atom. The van der Waals surface area contributed by atoms with Gasteiger partial charge in [-0.05, 0) is 0 Å². The monoisotopic (exact) mass is 151 g/mol. The first-order valence-electron chi connectivity index (χ1n) is 2.44. The van der Waals surface area contributed by atoms with Gasteiger partial charge < -0.3 is 15.5 Å². The van der Waals surface area contributed by atoms with Gasteiger partial charge >= 0.3 is 6.16 Å². The number of thioether (sulfide) groups is 1. The number of carbonyl (C=O) groups is 1. The van der Waals surface area contributed by atoms with Crippen molar-refractivity contribution in [3.63, 3.8) is 0 Å². The molecule has 5 heteroatoms. The Morgan fingerprint density at radius 1 is 1.56 bits per heavy atom. The summed E-state index contributed by atoms with van der Waals surface area (Å²) in [6.45, 7) is 1.21. The predicted molar refractivity (Wildman–Crippen MR) is 36.0 cm³/mol. The maximum absolute atomic E-state index is 8.56. The average molecular weight is 151 g/mol. The van der Waals surface area contributed by atoms with E-state index in [0.29, 0.717) is 0 Å². The summed E-state index contributed by atoms with van der Waals surface area (Å²) in [6, 6.07) is 0. The highest BCUT2D eigenvalue weighted by molar-refractivity contribution is 7.99. The summed E-state index contributed by atoms with van der Waals surface area (Å²) in [5.74, 6) is 2.47. The Balaban J connectivity index is 0.000000148. The molecule has 1 aliphatic rings. The van der Waals surface area contributed by atoms with Crippen molar-refractivity contribution < 1.29 is 15.0 Å². The summed E-state index contributed by atoms with van der Waals surface area (Å²) in [5, 5.41) is 17.1. The zero-order chi connectivity index (χ0) is 7.11. The van der Waals surface area contributed by atoms with Crippen molar-refractivity contribution >= 4 is 17.9 Å². The quantitative estimate of drug-likeness (QED) is 0.470. The fourth-order valence-electron chi connectivity index (χ4n) is 0.361. The van der Waals surface area contributed by atoms with Crippen molar-refractivity contribution in [2.24, 2.45) is 0 Å². The molecule has 0 radical (unpaired) electrons. The molecule has 0 saturated carbocycles. The van der Waals surface area contributed by atoms with Gasteiger partial charge in [-0.25, -0.2) is 4.79 Å². The van der Waals surface area contributed by atoms with Crippen LogP contribution in [0, 0.1) is 0 Å². The molecule has 0 unspecified atom stereocenters. The normalized spacial score (nSPS) is 16.0. The zero-order valence-corrected chi connectivity index (χ0v) is 5.65. The lowest BCUT2D eigenvalue weighted by molar-refractivity contribution is 0.137. The van der Waals surface area contributed by atoms with E-state index in [-0.39, 0.29) is 0 Å². The van der Waals surface area contributed by atoms with Crippen molar-refractivity contribution in [1.82, 2.24) is 5.32 Å². The van der Waals surface area contributed by atoms with Crippen LogP contribution < -0.4 is 5.32 Å². The smallest absolute Gasteiger partial charge is 0.450 e. The molecule has 0 aromatic rings. The molecule has 1 fully saturated rings. The SMILES string of the molecule is C1CSCN1.O=C(O)O. The first kappa shape index (κ1) is 8.58. The van der Waals surface area contributed by atoms with Crippen LogP contribution in [0.25, 0.3) is 0 Å². The molecule has 0 aromatic heterocycles. The number of hydrogen-bond donors (Lipinski definition) is 3. The van der Waals surface area contributed by atoms with Gasteiger partial charge in [0.25, 0.3) is 0 Å². The molecule has 1 saturated heterocycles. The molecule has 0 atom stereocenters. The summed E-state index contributed by atoms with van der Waals surface area (Å²) < 4.78 is 0. The van der Waals surface area contributed by atoms with E-state index in [2.05, 4.69) is 5.32 Å². The zero-order valence-electron chi connectivity index (χ0n) is 4.83. The van der Waals surface area contributed by atoms with Gasteiger partial charge in [0.15, 0.2) is 0 Å². The lowest BCUT2D eigenvalue weighted by Crippen LogP contribution is -2.04. The minimum Gasteiger partial charge on any atom is -0.450 e. The van der Waals surface area contributed by atoms with Crippen molar-refractivity contribution in [3.8, 4) is 0 Å². The van der Waals surface area contributed by atoms with Crippen molar-refractivity contribution in [1.29, 1.82) is 0 Å². The van der Waals surface area contributed by atoms with Gasteiger partial charge in [0.2, 0.25) is 0 Å². The number of rotatable bonds is 0. The fourth-order valence-corrected chi connectivity index (χ4v) is 1.08. The Labute approximate surface area is 57.3 Å². The standard InChI is InChI=1S/C3H7NS.CH2O3/c1-2-5-3-4-1;2-1(3)4/h4H,1-3H2;(H2,2,3,4). The second-order valence-corrected chi connectivity index (χ2v) is 2.44. The van der Waals surface area contributed by atoms with Crippen LogP contribution in [0.3, 0.4) is 0 Å². The van der Waals surface area contributed by atoms with Gasteiger partial charge in [-0.1, -0.05) is 0 Å². The maximum Gasteiger partial charge on any atom is 0.503 e. The van der Waals surface area contributed by atoms with Crippen molar-refractivity contribution in [2.75, 3.05) is 18.2 Å². The first-order chi connectivity index (χ1) is 4.23. The van der Waals surface area contributed by atoms with Crippen LogP contribution in [-0.4, -0.2) is 34.5 Å². The molecule has 0 aromatic carbocycles. The number of nitrogens with one attached hydrogen (secondary N) is 1. The van der Waals surface area contributed by atoms with E-state index >= 15 is 0 Å². The number of hydrogen-bond acceptors (Lipinski definition) is 3. The fraction of sp³-hybridized carbons (Fsp3) is 0.750. The van der Waals surface area contributed by atoms with Crippen LogP contribution in [-0.2, 0) is 0 Å². The van der Waals surface area contributed by atoms with Gasteiger partial charge in [0, 0.05) is 18.2 Å². The summed E-state index contributed by atoms with van der Waals surface area (Å²) >= 11 is 1.96. The number of carboxylic acid groups (broad SMARTS) is 2. The topological polar surface area (TPSA) is 69.6 Å². The lowest BCUT2D eigenvalue weighted by Gasteiger charge is -1.74. The molecular weight excluding hydrogens is 142 g/mol. The molecule has 0 spiro atoms. The average Bonchev–Trinajstić information content (AvgIpc) is 2.11. The van der Waals surface area contributed by atoms with E-state index in [9.17, 15) is 0 Å². The molecule has 54 valence electrons. The Hall–Kier alpha value is -0.420. The molecular formula is C4H9NO3S. The Kier molecular flexibility index (Phi) is 5.45. The van der Waals surface area contributed by atoms with Gasteiger partial charge in [-0.3, -0.25) is 0 Å². The largest absolute Gasteiger partial charge is 0.503 e. The molecule has 1 heterocycles. The van der Waals surface area contributed by atoms with Gasteiger partial charge in [-0.2, -0.15) is 0 Å². The van der Waals surface area contributed by atoms with Gasteiger partial charge in [-0.15, -0.1) is 11.8 Å². The van der Waals surface area contributed by atoms with Crippen LogP contribution in [0.1, 0.15) is 0 Å². The third-order valence-corrected chi connectivity index (χ3v) is 1.53. The molecule has 1 rings (SSSR count). The van der Waals surface area contributed by atoms with Crippen molar-refractivity contribution in [3.05, 3.63) is 0 Å². The summed E-state index contributed by atoms with van der Waals surface area (Å²) in [4.78, 5) is 8.56. The highest BCUT2D eigenvalue weighted by Gasteiger charge is 1.93. The van der Waals surface area contributed by atoms with Gasteiger partial charge in [0.05, 0.1) is 0 Å². The Bertz CT molecular complexity index is 72.3. The molecule has 1 aliphatic heterocycles. The minimum absolute atomic E-state index is 1.17. The first-order valence-corrected chi connectivity index (χ1v) is 3.59. The van der Waals surface area contributed by atoms with E-state index in [0.717, 1.165) is 0 Å². The molecule has 0 aliphatic carbocycles. The van der Waals surface area contributed by atoms with E-state index in [1.165, 1.54) is 18.2 Å². The highest BCUT2D eigenvalue weighted by Crippen LogP contribution is 1.99. The van der Waals surface area contributed by atoms with Crippen LogP contribution in [0.2, 0.25) is 0 Å². The molecule has 0 amide bonds. The van der Waals surface area contributed by atoms with E-state index in [4.69, 9.17) is 15.0 Å². The maximum atomic E-state index is 8.56. The van der Waals surface area contributed by atoms with E-state index < -0.39 is 6.16 Å². The van der Waals surface area contributed by atoms with Crippen molar-refractivity contribution in [2.45, 2.75) is 0 Å². The second kappa shape index (κ2) is 5.71. The summed E-state index contributed by atoms with van der Waals surface area (Å²) in [7, 11) is 0. The highest BCUT2D eigenvalue weighted by atomic mass is 32.2. The van der Waals surface area contributed by atoms with E-state index in [1.807, 2.05) is 11.8 Å². The summed E-state index contributed by atoms with van der Waals surface area (Å²) in [5.41, 5.74) is 0. The molecule has 9 heavy (non-hydrogen) atoms. The van der Waals surface area contributed by atoms with Crippen LogP contribution in [0.4, 0.5) is 4.79 Å². The Morgan fingerprint density at radius 3 is 2.22 bits per heavy atom. The molecule has 3 N–H and O–H groups in total. The second-order valence-electron chi connectivity index (χ2n) is 1.34. The molecule has 0 bridgehead atoms. The molecule has 4 nitrogen and oxygen atoms in total. The van der Waals surface area contributed by atoms with Gasteiger partial charge in [0.1, 0.15) is 0 Å². The van der Waals surface area contributed by atoms with E-state index in [1.54, 1.807) is 0 Å².